The predicted octanol–water partition coefficient (Wildman–Crippen LogP) is 12.0. The number of nitrogens with zero attached hydrogens (tertiary/aromatic N) is 3. The average molecular weight is 642 g/mol. The number of aromatic nitrogens is 3. The van der Waals surface area contributed by atoms with Gasteiger partial charge in [-0.1, -0.05) is 127 Å². The van der Waals surface area contributed by atoms with Crippen molar-refractivity contribution in [1.29, 1.82) is 0 Å². The molecule has 0 spiro atoms. The first-order valence-corrected chi connectivity index (χ1v) is 16.6. The molecular weight excluding hydrogens is 615 g/mol. The molecule has 10 rings (SSSR count). The summed E-state index contributed by atoms with van der Waals surface area (Å²) >= 11 is 0. The Labute approximate surface area is 287 Å². The molecule has 0 atom stereocenters. The van der Waals surface area contributed by atoms with Crippen molar-refractivity contribution in [3.05, 3.63) is 164 Å². The summed E-state index contributed by atoms with van der Waals surface area (Å²) < 4.78 is 12.7. The van der Waals surface area contributed by atoms with E-state index >= 15 is 0 Å². The van der Waals surface area contributed by atoms with Crippen molar-refractivity contribution in [2.75, 3.05) is 0 Å². The third-order valence-corrected chi connectivity index (χ3v) is 9.36. The second-order valence-electron chi connectivity index (χ2n) is 12.4. The van der Waals surface area contributed by atoms with Gasteiger partial charge in [-0.25, -0.2) is 15.0 Å². The van der Waals surface area contributed by atoms with E-state index in [1.807, 2.05) is 84.9 Å². The fourth-order valence-electron chi connectivity index (χ4n) is 6.99. The van der Waals surface area contributed by atoms with Gasteiger partial charge in [0.05, 0.1) is 0 Å². The minimum Gasteiger partial charge on any atom is -0.456 e. The molecule has 0 N–H and O–H groups in total. The number of hydrogen-bond donors (Lipinski definition) is 0. The van der Waals surface area contributed by atoms with Gasteiger partial charge in [-0.2, -0.15) is 0 Å². The first-order valence-electron chi connectivity index (χ1n) is 16.6. The zero-order valence-corrected chi connectivity index (χ0v) is 26.7. The summed E-state index contributed by atoms with van der Waals surface area (Å²) in [5, 5.41) is 4.33. The van der Waals surface area contributed by atoms with Crippen LogP contribution in [-0.2, 0) is 0 Å². The molecule has 0 aliphatic carbocycles. The molecule has 50 heavy (non-hydrogen) atoms. The van der Waals surface area contributed by atoms with E-state index in [9.17, 15) is 0 Å². The van der Waals surface area contributed by atoms with Crippen molar-refractivity contribution in [2.24, 2.45) is 0 Å². The second-order valence-corrected chi connectivity index (χ2v) is 12.4. The summed E-state index contributed by atoms with van der Waals surface area (Å²) in [4.78, 5) is 14.7. The standard InChI is InChI=1S/C45H27N3O2/c1-3-12-28(13-4-1)43-46-44(29-14-5-2-6-15-29)48-45(47-43)31-22-24-34-37-26-30(23-25-39(37)50-41(34)27-31)32-16-7-8-17-33(32)35-19-11-21-40-42(35)36-18-9-10-20-38(36)49-40/h1-27H. The van der Waals surface area contributed by atoms with Crippen LogP contribution in [-0.4, -0.2) is 15.0 Å². The van der Waals surface area contributed by atoms with Gasteiger partial charge in [0.25, 0.3) is 0 Å². The highest BCUT2D eigenvalue weighted by Gasteiger charge is 2.18. The van der Waals surface area contributed by atoms with E-state index in [2.05, 4.69) is 78.9 Å². The van der Waals surface area contributed by atoms with Crippen molar-refractivity contribution < 1.29 is 8.83 Å². The Morgan fingerprint density at radius 2 is 0.860 bits per heavy atom. The van der Waals surface area contributed by atoms with Crippen LogP contribution in [0.4, 0.5) is 0 Å². The van der Waals surface area contributed by atoms with E-state index in [1.165, 1.54) is 0 Å². The fraction of sp³-hybridized carbons (Fsp3) is 0. The number of hydrogen-bond acceptors (Lipinski definition) is 5. The third-order valence-electron chi connectivity index (χ3n) is 9.36. The Balaban J connectivity index is 1.09. The van der Waals surface area contributed by atoms with E-state index in [0.717, 1.165) is 82.8 Å². The van der Waals surface area contributed by atoms with E-state index in [0.29, 0.717) is 17.5 Å². The fourth-order valence-corrected chi connectivity index (χ4v) is 6.99. The maximum Gasteiger partial charge on any atom is 0.164 e. The number of furan rings is 2. The first kappa shape index (κ1) is 28.2. The second kappa shape index (κ2) is 11.4. The smallest absolute Gasteiger partial charge is 0.164 e. The van der Waals surface area contributed by atoms with Crippen molar-refractivity contribution in [1.82, 2.24) is 15.0 Å². The van der Waals surface area contributed by atoms with Gasteiger partial charge in [-0.15, -0.1) is 0 Å². The lowest BCUT2D eigenvalue weighted by Crippen LogP contribution is -2.00. The Hall–Kier alpha value is -6.85. The highest BCUT2D eigenvalue weighted by Crippen LogP contribution is 2.42. The van der Waals surface area contributed by atoms with E-state index < -0.39 is 0 Å². The molecule has 5 heteroatoms. The molecule has 10 aromatic rings. The molecular formula is C45H27N3O2. The maximum absolute atomic E-state index is 6.46. The number of rotatable bonds is 5. The summed E-state index contributed by atoms with van der Waals surface area (Å²) in [6, 6.07) is 55.8. The van der Waals surface area contributed by atoms with Crippen molar-refractivity contribution in [3.63, 3.8) is 0 Å². The molecule has 0 bridgehead atoms. The van der Waals surface area contributed by atoms with Crippen LogP contribution < -0.4 is 0 Å². The third kappa shape index (κ3) is 4.67. The quantitative estimate of drug-likeness (QED) is 0.187. The molecule has 5 nitrogen and oxygen atoms in total. The van der Waals surface area contributed by atoms with Crippen molar-refractivity contribution >= 4 is 43.9 Å². The van der Waals surface area contributed by atoms with Gasteiger partial charge >= 0.3 is 0 Å². The average Bonchev–Trinajstić information content (AvgIpc) is 3.76. The normalized spacial score (nSPS) is 11.6. The van der Waals surface area contributed by atoms with Crippen LogP contribution in [0.1, 0.15) is 0 Å². The van der Waals surface area contributed by atoms with Crippen LogP contribution in [0.15, 0.2) is 173 Å². The number of benzene rings is 7. The zero-order valence-electron chi connectivity index (χ0n) is 26.7. The molecule has 3 aromatic heterocycles. The minimum absolute atomic E-state index is 0.593. The van der Waals surface area contributed by atoms with Gasteiger partial charge in [0.15, 0.2) is 17.5 Å². The molecule has 0 fully saturated rings. The topological polar surface area (TPSA) is 65.0 Å². The van der Waals surface area contributed by atoms with Crippen molar-refractivity contribution in [2.45, 2.75) is 0 Å². The molecule has 0 radical (unpaired) electrons. The monoisotopic (exact) mass is 641 g/mol. The minimum atomic E-state index is 0.593. The summed E-state index contributed by atoms with van der Waals surface area (Å²) in [7, 11) is 0. The lowest BCUT2D eigenvalue weighted by Gasteiger charge is -2.11. The Bertz CT molecular complexity index is 2810. The SMILES string of the molecule is c1ccc(-c2nc(-c3ccccc3)nc(-c3ccc4c(c3)oc3ccc(-c5ccccc5-c5cccc6oc7ccccc7c56)cc34)n2)cc1. The Morgan fingerprint density at radius 3 is 1.62 bits per heavy atom. The Kier molecular flexibility index (Phi) is 6.42. The molecule has 0 aliphatic rings. The molecule has 0 aliphatic heterocycles. The summed E-state index contributed by atoms with van der Waals surface area (Å²) in [6.07, 6.45) is 0. The molecule has 7 aromatic carbocycles. The first-order chi connectivity index (χ1) is 24.8. The van der Waals surface area contributed by atoms with Gasteiger partial charge in [0.1, 0.15) is 22.3 Å². The zero-order chi connectivity index (χ0) is 33.0. The lowest BCUT2D eigenvalue weighted by molar-refractivity contribution is 0.668. The Morgan fingerprint density at radius 1 is 0.300 bits per heavy atom. The molecule has 0 unspecified atom stereocenters. The molecule has 234 valence electrons. The van der Waals surface area contributed by atoms with Crippen LogP contribution in [0.2, 0.25) is 0 Å². The van der Waals surface area contributed by atoms with Gasteiger partial charge < -0.3 is 8.83 Å². The van der Waals surface area contributed by atoms with E-state index in [-0.39, 0.29) is 0 Å². The van der Waals surface area contributed by atoms with E-state index in [4.69, 9.17) is 23.8 Å². The van der Waals surface area contributed by atoms with Crippen LogP contribution in [0.3, 0.4) is 0 Å². The largest absolute Gasteiger partial charge is 0.456 e. The van der Waals surface area contributed by atoms with Gasteiger partial charge in [-0.05, 0) is 58.7 Å². The highest BCUT2D eigenvalue weighted by atomic mass is 16.3. The van der Waals surface area contributed by atoms with Gasteiger partial charge in [0.2, 0.25) is 0 Å². The number of fused-ring (bicyclic) bond motifs is 6. The van der Waals surface area contributed by atoms with Crippen LogP contribution in [0.5, 0.6) is 0 Å². The molecule has 0 saturated heterocycles. The van der Waals surface area contributed by atoms with Crippen LogP contribution in [0, 0.1) is 0 Å². The summed E-state index contributed by atoms with van der Waals surface area (Å²) in [5.74, 6) is 1.85. The molecule has 0 amide bonds. The van der Waals surface area contributed by atoms with Crippen LogP contribution in [0.25, 0.3) is 100 Å². The molecule has 0 saturated carbocycles. The number of para-hydroxylation sites is 1. The van der Waals surface area contributed by atoms with Crippen LogP contribution >= 0.6 is 0 Å². The van der Waals surface area contributed by atoms with Crippen molar-refractivity contribution in [3.8, 4) is 56.4 Å². The van der Waals surface area contributed by atoms with Gasteiger partial charge in [-0.3, -0.25) is 0 Å². The van der Waals surface area contributed by atoms with E-state index in [1.54, 1.807) is 0 Å². The van der Waals surface area contributed by atoms with Gasteiger partial charge in [0, 0.05) is 38.2 Å². The maximum atomic E-state index is 6.46. The highest BCUT2D eigenvalue weighted by molar-refractivity contribution is 6.14. The molecule has 3 heterocycles. The summed E-state index contributed by atoms with van der Waals surface area (Å²) in [5.41, 5.74) is 10.7. The lowest BCUT2D eigenvalue weighted by atomic mass is 9.91. The predicted molar refractivity (Wildman–Crippen MR) is 202 cm³/mol. The summed E-state index contributed by atoms with van der Waals surface area (Å²) in [6.45, 7) is 0.